The normalized spacial score (nSPS) is 10.3. The molecule has 0 saturated heterocycles. The number of hydrogen-bond donors (Lipinski definition) is 2. The second-order valence-electron chi connectivity index (χ2n) is 4.05. The summed E-state index contributed by atoms with van der Waals surface area (Å²) in [5.41, 5.74) is 0.223. The number of hydrogen-bond acceptors (Lipinski definition) is 7. The second kappa shape index (κ2) is 8.94. The van der Waals surface area contributed by atoms with Gasteiger partial charge in [0.15, 0.2) is 0 Å². The van der Waals surface area contributed by atoms with Gasteiger partial charge in [-0.2, -0.15) is 5.26 Å². The SMILES string of the molecule is CCOC(=O)NC(=O)C(C#N)=CNc1ccc(OC)cc1OC. The second-order valence-corrected chi connectivity index (χ2v) is 4.05. The first-order chi connectivity index (χ1) is 11.0. The van der Waals surface area contributed by atoms with E-state index in [0.717, 1.165) is 0 Å². The Kier molecular flexibility index (Phi) is 6.94. The predicted octanol–water partition coefficient (Wildman–Crippen LogP) is 1.80. The fraction of sp³-hybridized carbons (Fsp3) is 0.267. The van der Waals surface area contributed by atoms with E-state index in [2.05, 4.69) is 10.1 Å². The number of anilines is 1. The van der Waals surface area contributed by atoms with Crippen molar-refractivity contribution < 1.29 is 23.8 Å². The zero-order valence-corrected chi connectivity index (χ0v) is 13.0. The summed E-state index contributed by atoms with van der Waals surface area (Å²) in [4.78, 5) is 22.9. The molecule has 0 aliphatic rings. The highest BCUT2D eigenvalue weighted by Gasteiger charge is 2.14. The largest absolute Gasteiger partial charge is 0.497 e. The molecular weight excluding hydrogens is 302 g/mol. The Morgan fingerprint density at radius 1 is 1.30 bits per heavy atom. The van der Waals surface area contributed by atoms with Crippen LogP contribution >= 0.6 is 0 Å². The maximum absolute atomic E-state index is 11.7. The number of nitrogens with zero attached hydrogens (tertiary/aromatic N) is 1. The Labute approximate surface area is 133 Å². The quantitative estimate of drug-likeness (QED) is 0.607. The summed E-state index contributed by atoms with van der Waals surface area (Å²) in [7, 11) is 3.00. The molecule has 0 aliphatic carbocycles. The molecule has 1 aromatic carbocycles. The molecule has 0 atom stereocenters. The molecule has 0 heterocycles. The molecule has 0 radical (unpaired) electrons. The number of nitrogens with one attached hydrogen (secondary N) is 2. The maximum Gasteiger partial charge on any atom is 0.414 e. The minimum absolute atomic E-state index is 0.117. The Balaban J connectivity index is 2.86. The van der Waals surface area contributed by atoms with Crippen molar-refractivity contribution in [3.8, 4) is 17.6 Å². The molecule has 8 nitrogen and oxygen atoms in total. The summed E-state index contributed by atoms with van der Waals surface area (Å²) < 4.78 is 14.8. The highest BCUT2D eigenvalue weighted by atomic mass is 16.5. The molecule has 0 bridgehead atoms. The molecule has 1 aromatic rings. The number of nitriles is 1. The van der Waals surface area contributed by atoms with Crippen LogP contribution in [0.4, 0.5) is 10.5 Å². The molecular formula is C15H17N3O5. The number of alkyl carbamates (subject to hydrolysis) is 1. The zero-order valence-electron chi connectivity index (χ0n) is 13.0. The maximum atomic E-state index is 11.7. The van der Waals surface area contributed by atoms with Crippen molar-refractivity contribution in [2.45, 2.75) is 6.92 Å². The van der Waals surface area contributed by atoms with Gasteiger partial charge in [-0.25, -0.2) is 4.79 Å². The Morgan fingerprint density at radius 3 is 2.61 bits per heavy atom. The molecule has 2 N–H and O–H groups in total. The summed E-state index contributed by atoms with van der Waals surface area (Å²) in [5.74, 6) is 0.187. The van der Waals surface area contributed by atoms with Gasteiger partial charge in [-0.3, -0.25) is 10.1 Å². The molecule has 0 unspecified atom stereocenters. The molecule has 0 fully saturated rings. The third kappa shape index (κ3) is 5.24. The number of ether oxygens (including phenoxy) is 3. The van der Waals surface area contributed by atoms with Gasteiger partial charge in [0.1, 0.15) is 23.1 Å². The first-order valence-electron chi connectivity index (χ1n) is 6.62. The van der Waals surface area contributed by atoms with Gasteiger partial charge in [0.2, 0.25) is 0 Å². The number of rotatable bonds is 6. The lowest BCUT2D eigenvalue weighted by atomic mass is 10.2. The lowest BCUT2D eigenvalue weighted by molar-refractivity contribution is -0.116. The number of carbonyl (C=O) groups is 2. The van der Waals surface area contributed by atoms with E-state index in [0.29, 0.717) is 17.2 Å². The lowest BCUT2D eigenvalue weighted by Gasteiger charge is -2.10. The summed E-state index contributed by atoms with van der Waals surface area (Å²) in [5, 5.41) is 13.7. The summed E-state index contributed by atoms with van der Waals surface area (Å²) in [6, 6.07) is 6.68. The van der Waals surface area contributed by atoms with Gasteiger partial charge in [0.05, 0.1) is 26.5 Å². The molecule has 0 spiro atoms. The number of amides is 2. The average molecular weight is 319 g/mol. The number of imide groups is 1. The number of methoxy groups -OCH3 is 2. The fourth-order valence-electron chi connectivity index (χ4n) is 1.54. The molecule has 2 amide bonds. The van der Waals surface area contributed by atoms with Crippen LogP contribution in [0.5, 0.6) is 11.5 Å². The van der Waals surface area contributed by atoms with Gasteiger partial charge in [-0.05, 0) is 19.1 Å². The third-order valence-electron chi connectivity index (χ3n) is 2.64. The summed E-state index contributed by atoms with van der Waals surface area (Å²) in [6.45, 7) is 1.72. The molecule has 8 heteroatoms. The molecule has 0 aliphatic heterocycles. The topological polar surface area (TPSA) is 110 Å². The van der Waals surface area contributed by atoms with E-state index in [-0.39, 0.29) is 12.2 Å². The van der Waals surface area contributed by atoms with Crippen molar-refractivity contribution in [3.05, 3.63) is 30.0 Å². The van der Waals surface area contributed by atoms with E-state index in [4.69, 9.17) is 14.7 Å². The van der Waals surface area contributed by atoms with Crippen LogP contribution in [0.25, 0.3) is 0 Å². The van der Waals surface area contributed by atoms with Crippen LogP contribution in [0.2, 0.25) is 0 Å². The summed E-state index contributed by atoms with van der Waals surface area (Å²) in [6.07, 6.45) is 0.250. The number of carbonyl (C=O) groups excluding carboxylic acids is 2. The van der Waals surface area contributed by atoms with Gasteiger partial charge < -0.3 is 19.5 Å². The molecule has 1 rings (SSSR count). The Hall–Kier alpha value is -3.21. The van der Waals surface area contributed by atoms with E-state index < -0.39 is 12.0 Å². The van der Waals surface area contributed by atoms with E-state index in [1.165, 1.54) is 20.4 Å². The monoisotopic (exact) mass is 319 g/mol. The average Bonchev–Trinajstić information content (AvgIpc) is 2.55. The van der Waals surface area contributed by atoms with Gasteiger partial charge in [-0.15, -0.1) is 0 Å². The summed E-state index contributed by atoms with van der Waals surface area (Å²) >= 11 is 0. The van der Waals surface area contributed by atoms with E-state index >= 15 is 0 Å². The van der Waals surface area contributed by atoms with E-state index in [9.17, 15) is 9.59 Å². The molecule has 0 saturated carbocycles. The van der Waals surface area contributed by atoms with Crippen LogP contribution in [-0.4, -0.2) is 32.8 Å². The molecule has 0 aromatic heterocycles. The first kappa shape index (κ1) is 17.8. The highest BCUT2D eigenvalue weighted by molar-refractivity contribution is 6.05. The van der Waals surface area contributed by atoms with Crippen molar-refractivity contribution in [1.29, 1.82) is 5.26 Å². The van der Waals surface area contributed by atoms with Gasteiger partial charge in [0, 0.05) is 12.3 Å². The van der Waals surface area contributed by atoms with Crippen molar-refractivity contribution in [2.75, 3.05) is 26.1 Å². The van der Waals surface area contributed by atoms with E-state index in [1.807, 2.05) is 5.32 Å². The van der Waals surface area contributed by atoms with Crippen LogP contribution in [0.3, 0.4) is 0 Å². The Bertz CT molecular complexity index is 649. The van der Waals surface area contributed by atoms with E-state index in [1.54, 1.807) is 31.2 Å². The standard InChI is InChI=1S/C15H17N3O5/c1-4-23-15(20)18-14(19)10(8-16)9-17-12-6-5-11(21-2)7-13(12)22-3/h5-7,9,17H,4H2,1-3H3,(H,18,19,20). The van der Waals surface area contributed by atoms with Crippen LogP contribution in [0.15, 0.2) is 30.0 Å². The zero-order chi connectivity index (χ0) is 17.2. The van der Waals surface area contributed by atoms with Crippen molar-refractivity contribution in [1.82, 2.24) is 5.32 Å². The van der Waals surface area contributed by atoms with Gasteiger partial charge >= 0.3 is 6.09 Å². The van der Waals surface area contributed by atoms with Crippen LogP contribution in [0, 0.1) is 11.3 Å². The van der Waals surface area contributed by atoms with Crippen molar-refractivity contribution in [3.63, 3.8) is 0 Å². The predicted molar refractivity (Wildman–Crippen MR) is 82.0 cm³/mol. The van der Waals surface area contributed by atoms with Gasteiger partial charge in [0.25, 0.3) is 5.91 Å². The Morgan fingerprint density at radius 2 is 2.04 bits per heavy atom. The van der Waals surface area contributed by atoms with Gasteiger partial charge in [-0.1, -0.05) is 0 Å². The van der Waals surface area contributed by atoms with Crippen molar-refractivity contribution in [2.24, 2.45) is 0 Å². The number of benzene rings is 1. The lowest BCUT2D eigenvalue weighted by Crippen LogP contribution is -2.32. The smallest absolute Gasteiger partial charge is 0.414 e. The van der Waals surface area contributed by atoms with Crippen LogP contribution in [-0.2, 0) is 9.53 Å². The minimum atomic E-state index is -0.916. The third-order valence-corrected chi connectivity index (χ3v) is 2.64. The first-order valence-corrected chi connectivity index (χ1v) is 6.62. The van der Waals surface area contributed by atoms with Crippen molar-refractivity contribution >= 4 is 17.7 Å². The fourth-order valence-corrected chi connectivity index (χ4v) is 1.54. The molecule has 122 valence electrons. The van der Waals surface area contributed by atoms with Crippen LogP contribution in [0.1, 0.15) is 6.92 Å². The van der Waals surface area contributed by atoms with Crippen LogP contribution < -0.4 is 20.1 Å². The minimum Gasteiger partial charge on any atom is -0.497 e. The highest BCUT2D eigenvalue weighted by Crippen LogP contribution is 2.29. The molecule has 23 heavy (non-hydrogen) atoms.